The van der Waals surface area contributed by atoms with Crippen molar-refractivity contribution in [2.75, 3.05) is 7.11 Å². The van der Waals surface area contributed by atoms with E-state index in [1.165, 1.54) is 12.8 Å². The monoisotopic (exact) mass is 285 g/mol. The van der Waals surface area contributed by atoms with Crippen molar-refractivity contribution in [3.63, 3.8) is 0 Å². The third kappa shape index (κ3) is 3.62. The highest BCUT2D eigenvalue weighted by Gasteiger charge is 2.28. The molecule has 0 radical (unpaired) electrons. The molecule has 0 heterocycles. The van der Waals surface area contributed by atoms with E-state index in [-0.39, 0.29) is 18.4 Å². The first-order valence-electron chi connectivity index (χ1n) is 6.71. The molecule has 0 saturated heterocycles. The molecule has 2 atom stereocenters. The zero-order chi connectivity index (χ0) is 13.1. The van der Waals surface area contributed by atoms with Gasteiger partial charge in [-0.25, -0.2) is 0 Å². The smallest absolute Gasteiger partial charge is 0.121 e. The Bertz CT molecular complexity index is 405. The van der Waals surface area contributed by atoms with Crippen LogP contribution in [0.3, 0.4) is 0 Å². The van der Waals surface area contributed by atoms with Crippen LogP contribution in [0.15, 0.2) is 18.2 Å². The zero-order valence-electron chi connectivity index (χ0n) is 11.6. The van der Waals surface area contributed by atoms with E-state index >= 15 is 0 Å². The molecule has 0 spiro atoms. The number of aryl methyl sites for hydroxylation is 1. The number of rotatable bonds is 4. The average molecular weight is 286 g/mol. The fraction of sp³-hybridized carbons (Fsp3) is 0.600. The third-order valence-electron chi connectivity index (χ3n) is 4.05. The van der Waals surface area contributed by atoms with Gasteiger partial charge in [0.2, 0.25) is 0 Å². The van der Waals surface area contributed by atoms with E-state index in [1.807, 2.05) is 25.1 Å². The highest BCUT2D eigenvalue weighted by molar-refractivity contribution is 5.85. The van der Waals surface area contributed by atoms with Gasteiger partial charge in [-0.2, -0.15) is 0 Å². The molecule has 1 fully saturated rings. The quantitative estimate of drug-likeness (QED) is 0.894. The minimum atomic E-state index is -0.430. The van der Waals surface area contributed by atoms with Gasteiger partial charge in [0.1, 0.15) is 5.75 Å². The standard InChI is InChI=1S/C15H23NO2.ClH/c1-10-9-12(7-8-13(10)18-2)14(16)15(17)11-5-3-4-6-11;/h7-9,11,14-15,17H,3-6,16H2,1-2H3;1H/t14-,15+;/m1./s1. The molecule has 2 rings (SSSR count). The van der Waals surface area contributed by atoms with Gasteiger partial charge in [-0.15, -0.1) is 12.4 Å². The van der Waals surface area contributed by atoms with E-state index in [0.29, 0.717) is 5.92 Å². The minimum absolute atomic E-state index is 0. The topological polar surface area (TPSA) is 55.5 Å². The normalized spacial score (nSPS) is 18.7. The predicted octanol–water partition coefficient (Wildman–Crippen LogP) is 2.98. The van der Waals surface area contributed by atoms with Crippen molar-refractivity contribution in [1.29, 1.82) is 0 Å². The second kappa shape index (κ2) is 7.13. The van der Waals surface area contributed by atoms with E-state index in [2.05, 4.69) is 0 Å². The molecule has 0 aliphatic heterocycles. The van der Waals surface area contributed by atoms with Crippen LogP contribution in [0, 0.1) is 12.8 Å². The molecule has 1 aliphatic rings. The summed E-state index contributed by atoms with van der Waals surface area (Å²) in [5.74, 6) is 1.23. The molecule has 1 aromatic rings. The van der Waals surface area contributed by atoms with Crippen molar-refractivity contribution in [3.8, 4) is 5.75 Å². The van der Waals surface area contributed by atoms with Crippen LogP contribution in [0.2, 0.25) is 0 Å². The van der Waals surface area contributed by atoms with Crippen LogP contribution in [0.25, 0.3) is 0 Å². The summed E-state index contributed by atoms with van der Waals surface area (Å²) in [4.78, 5) is 0. The summed E-state index contributed by atoms with van der Waals surface area (Å²) in [7, 11) is 1.66. The van der Waals surface area contributed by atoms with E-state index in [9.17, 15) is 5.11 Å². The molecular formula is C15H24ClNO2. The van der Waals surface area contributed by atoms with E-state index in [0.717, 1.165) is 29.7 Å². The van der Waals surface area contributed by atoms with Gasteiger partial charge in [0, 0.05) is 0 Å². The maximum Gasteiger partial charge on any atom is 0.121 e. The predicted molar refractivity (Wildman–Crippen MR) is 79.9 cm³/mol. The van der Waals surface area contributed by atoms with Crippen molar-refractivity contribution in [2.45, 2.75) is 44.8 Å². The Kier molecular flexibility index (Phi) is 6.11. The fourth-order valence-corrected chi connectivity index (χ4v) is 2.90. The first kappa shape index (κ1) is 16.3. The lowest BCUT2D eigenvalue weighted by atomic mass is 9.90. The van der Waals surface area contributed by atoms with Gasteiger partial charge in [-0.05, 0) is 42.9 Å². The van der Waals surface area contributed by atoms with Crippen LogP contribution >= 0.6 is 12.4 Å². The van der Waals surface area contributed by atoms with Gasteiger partial charge in [-0.1, -0.05) is 25.0 Å². The Morgan fingerprint density at radius 2 is 1.95 bits per heavy atom. The molecule has 3 nitrogen and oxygen atoms in total. The molecule has 108 valence electrons. The molecule has 0 aromatic heterocycles. The van der Waals surface area contributed by atoms with Gasteiger partial charge in [0.15, 0.2) is 0 Å². The molecule has 0 amide bonds. The summed E-state index contributed by atoms with van der Waals surface area (Å²) in [6.07, 6.45) is 4.21. The Morgan fingerprint density at radius 1 is 1.32 bits per heavy atom. The number of hydrogen-bond acceptors (Lipinski definition) is 3. The van der Waals surface area contributed by atoms with Crippen molar-refractivity contribution < 1.29 is 9.84 Å². The first-order chi connectivity index (χ1) is 8.63. The third-order valence-corrected chi connectivity index (χ3v) is 4.05. The molecule has 1 saturated carbocycles. The highest BCUT2D eigenvalue weighted by atomic mass is 35.5. The minimum Gasteiger partial charge on any atom is -0.496 e. The summed E-state index contributed by atoms with van der Waals surface area (Å²) in [6.45, 7) is 2.00. The largest absolute Gasteiger partial charge is 0.496 e. The molecule has 3 N–H and O–H groups in total. The van der Waals surface area contributed by atoms with Crippen LogP contribution in [0.4, 0.5) is 0 Å². The molecule has 1 aliphatic carbocycles. The number of halogens is 1. The maximum atomic E-state index is 10.3. The van der Waals surface area contributed by atoms with Crippen molar-refractivity contribution in [3.05, 3.63) is 29.3 Å². The lowest BCUT2D eigenvalue weighted by Crippen LogP contribution is -2.31. The molecule has 0 unspecified atom stereocenters. The lowest BCUT2D eigenvalue weighted by molar-refractivity contribution is 0.0844. The molecule has 19 heavy (non-hydrogen) atoms. The van der Waals surface area contributed by atoms with Gasteiger partial charge < -0.3 is 15.6 Å². The number of aliphatic hydroxyl groups is 1. The summed E-state index contributed by atoms with van der Waals surface area (Å²) >= 11 is 0. The van der Waals surface area contributed by atoms with E-state index in [1.54, 1.807) is 7.11 Å². The first-order valence-corrected chi connectivity index (χ1v) is 6.71. The average Bonchev–Trinajstić information content (AvgIpc) is 2.90. The van der Waals surface area contributed by atoms with Gasteiger partial charge in [0.05, 0.1) is 19.3 Å². The van der Waals surface area contributed by atoms with Crippen molar-refractivity contribution in [1.82, 2.24) is 0 Å². The van der Waals surface area contributed by atoms with Crippen LogP contribution in [-0.2, 0) is 0 Å². The second-order valence-electron chi connectivity index (χ2n) is 5.29. The van der Waals surface area contributed by atoms with Crippen molar-refractivity contribution >= 4 is 12.4 Å². The zero-order valence-corrected chi connectivity index (χ0v) is 12.5. The molecule has 4 heteroatoms. The van der Waals surface area contributed by atoms with Crippen LogP contribution < -0.4 is 10.5 Å². The van der Waals surface area contributed by atoms with Crippen LogP contribution in [0.1, 0.15) is 42.9 Å². The number of benzene rings is 1. The van der Waals surface area contributed by atoms with Gasteiger partial charge >= 0.3 is 0 Å². The van der Waals surface area contributed by atoms with Gasteiger partial charge in [0.25, 0.3) is 0 Å². The number of ether oxygens (including phenoxy) is 1. The molecule has 0 bridgehead atoms. The summed E-state index contributed by atoms with van der Waals surface area (Å²) < 4.78 is 5.24. The Morgan fingerprint density at radius 3 is 2.47 bits per heavy atom. The second-order valence-corrected chi connectivity index (χ2v) is 5.29. The molecule has 1 aromatic carbocycles. The maximum absolute atomic E-state index is 10.3. The Balaban J connectivity index is 0.00000180. The SMILES string of the molecule is COc1ccc([C@@H](N)[C@@H](O)C2CCCC2)cc1C.Cl. The number of nitrogens with two attached hydrogens (primary N) is 1. The lowest BCUT2D eigenvalue weighted by Gasteiger charge is -2.25. The Hall–Kier alpha value is -0.770. The summed E-state index contributed by atoms with van der Waals surface area (Å²) in [5, 5.41) is 10.3. The highest BCUT2D eigenvalue weighted by Crippen LogP contribution is 2.33. The number of aliphatic hydroxyl groups excluding tert-OH is 1. The Labute approximate surface area is 121 Å². The molecular weight excluding hydrogens is 262 g/mol. The number of methoxy groups -OCH3 is 1. The van der Waals surface area contributed by atoms with E-state index < -0.39 is 6.10 Å². The van der Waals surface area contributed by atoms with E-state index in [4.69, 9.17) is 10.5 Å². The van der Waals surface area contributed by atoms with Crippen molar-refractivity contribution in [2.24, 2.45) is 11.7 Å². The van der Waals surface area contributed by atoms with Crippen LogP contribution in [-0.4, -0.2) is 18.3 Å². The number of hydrogen-bond donors (Lipinski definition) is 2. The fourth-order valence-electron chi connectivity index (χ4n) is 2.90. The van der Waals surface area contributed by atoms with Gasteiger partial charge in [-0.3, -0.25) is 0 Å². The van der Waals surface area contributed by atoms with Crippen LogP contribution in [0.5, 0.6) is 5.75 Å². The summed E-state index contributed by atoms with van der Waals surface area (Å²) in [5.41, 5.74) is 8.24. The summed E-state index contributed by atoms with van der Waals surface area (Å²) in [6, 6.07) is 5.60.